The topological polar surface area (TPSA) is 45.8 Å². The number of halogens is 1. The van der Waals surface area contributed by atoms with Gasteiger partial charge in [0, 0.05) is 17.8 Å². The van der Waals surface area contributed by atoms with E-state index in [1.54, 1.807) is 6.26 Å². The summed E-state index contributed by atoms with van der Waals surface area (Å²) in [4.78, 5) is 11.8. The lowest BCUT2D eigenvalue weighted by Gasteiger charge is -2.17. The van der Waals surface area contributed by atoms with E-state index in [9.17, 15) is 4.79 Å². The highest BCUT2D eigenvalue weighted by Gasteiger charge is 2.33. The zero-order valence-electron chi connectivity index (χ0n) is 10.9. The predicted octanol–water partition coefficient (Wildman–Crippen LogP) is 3.74. The van der Waals surface area contributed by atoms with E-state index in [1.807, 2.05) is 36.4 Å². The van der Waals surface area contributed by atoms with Crippen LogP contribution in [0.1, 0.15) is 30.7 Å². The van der Waals surface area contributed by atoms with E-state index in [-0.39, 0.29) is 11.9 Å². The number of carbonyl (C=O) groups is 1. The minimum absolute atomic E-state index is 0.0867. The first-order valence-electron chi connectivity index (χ1n) is 6.32. The smallest absolute Gasteiger partial charge is 0.240 e. The molecule has 4 nitrogen and oxygen atoms in total. The lowest BCUT2D eigenvalue weighted by molar-refractivity contribution is -0.130. The molecule has 1 aromatic carbocycles. The third kappa shape index (κ3) is 2.41. The molecule has 0 aliphatic carbocycles. The van der Waals surface area contributed by atoms with Gasteiger partial charge in [-0.05, 0) is 29.8 Å². The first kappa shape index (κ1) is 13.1. The Labute approximate surface area is 125 Å². The van der Waals surface area contributed by atoms with E-state index in [4.69, 9.17) is 4.42 Å². The van der Waals surface area contributed by atoms with Gasteiger partial charge in [0.15, 0.2) is 0 Å². The Balaban J connectivity index is 1.95. The Hall–Kier alpha value is -1.88. The highest BCUT2D eigenvalue weighted by molar-refractivity contribution is 9.10. The summed E-state index contributed by atoms with van der Waals surface area (Å²) in [7, 11) is 0. The molecule has 1 aliphatic heterocycles. The van der Waals surface area contributed by atoms with Crippen molar-refractivity contribution in [3.05, 3.63) is 58.5 Å². The second-order valence-corrected chi connectivity index (χ2v) is 5.57. The number of benzene rings is 1. The van der Waals surface area contributed by atoms with Gasteiger partial charge >= 0.3 is 0 Å². The Kier molecular flexibility index (Phi) is 3.44. The van der Waals surface area contributed by atoms with E-state index in [1.165, 1.54) is 11.9 Å². The maximum atomic E-state index is 11.8. The van der Waals surface area contributed by atoms with Gasteiger partial charge in [0.1, 0.15) is 11.8 Å². The predicted molar refractivity (Wildman–Crippen MR) is 79.3 cm³/mol. The summed E-state index contributed by atoms with van der Waals surface area (Å²) in [6.45, 7) is 1.52. The second kappa shape index (κ2) is 5.25. The number of hydrogen-bond acceptors (Lipinski definition) is 3. The SMILES string of the molecule is CC(=O)N1N=C(c2cccc(Br)c2)C[C@H]1c1ccco1. The lowest BCUT2D eigenvalue weighted by atomic mass is 10.0. The van der Waals surface area contributed by atoms with Gasteiger partial charge in [-0.1, -0.05) is 28.1 Å². The van der Waals surface area contributed by atoms with Gasteiger partial charge in [-0.2, -0.15) is 5.10 Å². The van der Waals surface area contributed by atoms with Crippen molar-refractivity contribution in [2.75, 3.05) is 0 Å². The third-order valence-electron chi connectivity index (χ3n) is 3.26. The van der Waals surface area contributed by atoms with E-state index in [0.717, 1.165) is 21.5 Å². The third-order valence-corrected chi connectivity index (χ3v) is 3.76. The summed E-state index contributed by atoms with van der Waals surface area (Å²) in [6, 6.07) is 11.5. The molecule has 0 unspecified atom stereocenters. The van der Waals surface area contributed by atoms with Gasteiger partial charge in [0.25, 0.3) is 0 Å². The van der Waals surface area contributed by atoms with Crippen LogP contribution in [0.3, 0.4) is 0 Å². The Morgan fingerprint density at radius 3 is 2.90 bits per heavy atom. The number of hydrogen-bond donors (Lipinski definition) is 0. The maximum Gasteiger partial charge on any atom is 0.240 e. The van der Waals surface area contributed by atoms with Crippen molar-refractivity contribution in [2.45, 2.75) is 19.4 Å². The van der Waals surface area contributed by atoms with E-state index in [0.29, 0.717) is 6.42 Å². The maximum absolute atomic E-state index is 11.8. The highest BCUT2D eigenvalue weighted by atomic mass is 79.9. The Bertz CT molecular complexity index is 664. The molecule has 0 bridgehead atoms. The van der Waals surface area contributed by atoms with Crippen molar-refractivity contribution in [1.82, 2.24) is 5.01 Å². The second-order valence-electron chi connectivity index (χ2n) is 4.66. The van der Waals surface area contributed by atoms with Crippen molar-refractivity contribution in [1.29, 1.82) is 0 Å². The zero-order valence-corrected chi connectivity index (χ0v) is 12.5. The van der Waals surface area contributed by atoms with E-state index < -0.39 is 0 Å². The Morgan fingerprint density at radius 2 is 2.25 bits per heavy atom. The largest absolute Gasteiger partial charge is 0.467 e. The number of nitrogens with zero attached hydrogens (tertiary/aromatic N) is 2. The van der Waals surface area contributed by atoms with Gasteiger partial charge in [0.05, 0.1) is 12.0 Å². The summed E-state index contributed by atoms with van der Waals surface area (Å²) < 4.78 is 6.42. The van der Waals surface area contributed by atoms with Gasteiger partial charge < -0.3 is 4.42 Å². The van der Waals surface area contributed by atoms with Crippen molar-refractivity contribution < 1.29 is 9.21 Å². The average molecular weight is 333 g/mol. The van der Waals surface area contributed by atoms with Crippen LogP contribution in [0.5, 0.6) is 0 Å². The molecule has 1 aliphatic rings. The van der Waals surface area contributed by atoms with Crippen LogP contribution in [0, 0.1) is 0 Å². The molecular weight excluding hydrogens is 320 g/mol. The molecule has 0 N–H and O–H groups in total. The van der Waals surface area contributed by atoms with Crippen LogP contribution in [0.4, 0.5) is 0 Å². The number of furan rings is 1. The molecule has 3 rings (SSSR count). The normalized spacial score (nSPS) is 18.2. The molecule has 0 spiro atoms. The first-order chi connectivity index (χ1) is 9.65. The van der Waals surface area contributed by atoms with Crippen LogP contribution in [0.15, 0.2) is 56.7 Å². The fraction of sp³-hybridized carbons (Fsp3) is 0.200. The first-order valence-corrected chi connectivity index (χ1v) is 7.11. The number of carbonyl (C=O) groups excluding carboxylic acids is 1. The number of amides is 1. The average Bonchev–Trinajstić information content (AvgIpc) is 3.08. The summed E-state index contributed by atoms with van der Waals surface area (Å²) in [5.41, 5.74) is 1.91. The van der Waals surface area contributed by atoms with Crippen LogP contribution >= 0.6 is 15.9 Å². The van der Waals surface area contributed by atoms with Gasteiger partial charge in [-0.25, -0.2) is 5.01 Å². The van der Waals surface area contributed by atoms with Crippen molar-refractivity contribution in [2.24, 2.45) is 5.10 Å². The molecule has 102 valence electrons. The summed E-state index contributed by atoms with van der Waals surface area (Å²) in [5.74, 6) is 0.672. The van der Waals surface area contributed by atoms with Crippen molar-refractivity contribution in [3.8, 4) is 0 Å². The van der Waals surface area contributed by atoms with E-state index >= 15 is 0 Å². The molecular formula is C15H13BrN2O2. The van der Waals surface area contributed by atoms with Crippen LogP contribution in [0.2, 0.25) is 0 Å². The highest BCUT2D eigenvalue weighted by Crippen LogP contribution is 2.33. The van der Waals surface area contributed by atoms with Crippen LogP contribution in [-0.4, -0.2) is 16.6 Å². The summed E-state index contributed by atoms with van der Waals surface area (Å²) >= 11 is 3.45. The van der Waals surface area contributed by atoms with Gasteiger partial charge in [-0.3, -0.25) is 4.79 Å². The molecule has 20 heavy (non-hydrogen) atoms. The molecule has 5 heteroatoms. The van der Waals surface area contributed by atoms with Crippen molar-refractivity contribution >= 4 is 27.5 Å². The summed E-state index contributed by atoms with van der Waals surface area (Å²) in [5, 5.41) is 5.95. The molecule has 1 amide bonds. The molecule has 1 aromatic heterocycles. The Morgan fingerprint density at radius 1 is 1.40 bits per heavy atom. The fourth-order valence-electron chi connectivity index (χ4n) is 2.35. The molecule has 1 atom stereocenters. The van der Waals surface area contributed by atoms with Gasteiger partial charge in [0.2, 0.25) is 5.91 Å². The van der Waals surface area contributed by atoms with Crippen molar-refractivity contribution in [3.63, 3.8) is 0 Å². The molecule has 2 aromatic rings. The minimum Gasteiger partial charge on any atom is -0.467 e. The molecule has 0 saturated heterocycles. The summed E-state index contributed by atoms with van der Waals surface area (Å²) in [6.07, 6.45) is 2.27. The quantitative estimate of drug-likeness (QED) is 0.840. The van der Waals surface area contributed by atoms with E-state index in [2.05, 4.69) is 21.0 Å². The van der Waals surface area contributed by atoms with Crippen LogP contribution < -0.4 is 0 Å². The number of rotatable bonds is 2. The molecule has 0 fully saturated rings. The standard InChI is InChI=1S/C15H13BrN2O2/c1-10(19)18-14(15-6-3-7-20-15)9-13(17-18)11-4-2-5-12(16)8-11/h2-8,14H,9H2,1H3/t14-/m0/s1. The number of hydrazone groups is 1. The van der Waals surface area contributed by atoms with Crippen LogP contribution in [0.25, 0.3) is 0 Å². The minimum atomic E-state index is -0.156. The molecule has 0 radical (unpaired) electrons. The van der Waals surface area contributed by atoms with Crippen LogP contribution in [-0.2, 0) is 4.79 Å². The fourth-order valence-corrected chi connectivity index (χ4v) is 2.74. The molecule has 2 heterocycles. The molecule has 0 saturated carbocycles. The monoisotopic (exact) mass is 332 g/mol. The lowest BCUT2D eigenvalue weighted by Crippen LogP contribution is -2.23. The van der Waals surface area contributed by atoms with Gasteiger partial charge in [-0.15, -0.1) is 0 Å². The zero-order chi connectivity index (χ0) is 14.1.